The lowest BCUT2D eigenvalue weighted by atomic mass is 10.1. The number of halogens is 1. The molecule has 0 aliphatic heterocycles. The molecule has 1 aliphatic rings. The van der Waals surface area contributed by atoms with Crippen LogP contribution in [0.4, 0.5) is 0 Å². The van der Waals surface area contributed by atoms with Crippen LogP contribution in [-0.4, -0.2) is 24.4 Å². The summed E-state index contributed by atoms with van der Waals surface area (Å²) in [6.07, 6.45) is 3.82. The van der Waals surface area contributed by atoms with Gasteiger partial charge in [0, 0.05) is 19.7 Å². The lowest BCUT2D eigenvalue weighted by Gasteiger charge is -2.19. The molecule has 0 saturated heterocycles. The second-order valence-electron chi connectivity index (χ2n) is 4.48. The van der Waals surface area contributed by atoms with Crippen molar-refractivity contribution in [1.29, 1.82) is 0 Å². The van der Waals surface area contributed by atoms with Crippen molar-refractivity contribution in [2.24, 2.45) is 0 Å². The Bertz CT molecular complexity index is 384. The Hall–Kier alpha value is -0.770. The lowest BCUT2D eigenvalue weighted by Crippen LogP contribution is -2.36. The maximum Gasteiger partial charge on any atom is 0.134 e. The van der Waals surface area contributed by atoms with Gasteiger partial charge in [-0.1, -0.05) is 17.7 Å². The van der Waals surface area contributed by atoms with Crippen molar-refractivity contribution in [3.63, 3.8) is 0 Å². The largest absolute Gasteiger partial charge is 0.506 e. The third-order valence-electron chi connectivity index (χ3n) is 3.34. The van der Waals surface area contributed by atoms with Crippen LogP contribution in [0.15, 0.2) is 18.2 Å². The summed E-state index contributed by atoms with van der Waals surface area (Å²) in [5.74, 6) is 0.131. The number of hydrogen-bond donors (Lipinski definition) is 2. The van der Waals surface area contributed by atoms with E-state index < -0.39 is 0 Å². The van der Waals surface area contributed by atoms with Crippen LogP contribution in [0.5, 0.6) is 5.75 Å². The summed E-state index contributed by atoms with van der Waals surface area (Å²) in [4.78, 5) is 0. The van der Waals surface area contributed by atoms with E-state index >= 15 is 0 Å². The number of ether oxygens (including phenoxy) is 1. The highest BCUT2D eigenvalue weighted by molar-refractivity contribution is 6.32. The van der Waals surface area contributed by atoms with Gasteiger partial charge in [-0.2, -0.15) is 0 Å². The normalized spacial score (nSPS) is 24.1. The molecule has 1 aromatic carbocycles. The van der Waals surface area contributed by atoms with E-state index in [-0.39, 0.29) is 5.75 Å². The molecule has 0 radical (unpaired) electrons. The number of nitrogens with one attached hydrogen (secondary N) is 1. The molecule has 17 heavy (non-hydrogen) atoms. The van der Waals surface area contributed by atoms with Crippen molar-refractivity contribution in [2.45, 2.75) is 38.0 Å². The molecule has 2 unspecified atom stereocenters. The van der Waals surface area contributed by atoms with Gasteiger partial charge in [-0.15, -0.1) is 0 Å². The predicted octanol–water partition coefficient (Wildman–Crippen LogP) is 2.70. The van der Waals surface area contributed by atoms with Crippen LogP contribution in [-0.2, 0) is 11.3 Å². The summed E-state index contributed by atoms with van der Waals surface area (Å²) < 4.78 is 5.43. The average Bonchev–Trinajstić information content (AvgIpc) is 2.78. The van der Waals surface area contributed by atoms with Crippen molar-refractivity contribution >= 4 is 11.6 Å². The molecular weight excluding hydrogens is 238 g/mol. The molecule has 2 N–H and O–H groups in total. The van der Waals surface area contributed by atoms with Crippen LogP contribution in [0.3, 0.4) is 0 Å². The van der Waals surface area contributed by atoms with E-state index in [0.717, 1.165) is 24.9 Å². The number of aromatic hydroxyl groups is 1. The average molecular weight is 256 g/mol. The van der Waals surface area contributed by atoms with E-state index in [2.05, 4.69) is 5.32 Å². The quantitative estimate of drug-likeness (QED) is 0.869. The van der Waals surface area contributed by atoms with Gasteiger partial charge < -0.3 is 15.2 Å². The third-order valence-corrected chi connectivity index (χ3v) is 3.64. The van der Waals surface area contributed by atoms with E-state index in [1.54, 1.807) is 19.2 Å². The fraction of sp³-hybridized carbons (Fsp3) is 0.538. The van der Waals surface area contributed by atoms with E-state index in [9.17, 15) is 5.11 Å². The van der Waals surface area contributed by atoms with Gasteiger partial charge >= 0.3 is 0 Å². The van der Waals surface area contributed by atoms with Crippen LogP contribution in [0.2, 0.25) is 5.02 Å². The molecule has 1 fully saturated rings. The molecule has 0 aromatic heterocycles. The molecule has 0 heterocycles. The van der Waals surface area contributed by atoms with Gasteiger partial charge in [0.05, 0.1) is 11.1 Å². The number of benzene rings is 1. The lowest BCUT2D eigenvalue weighted by molar-refractivity contribution is 0.0847. The summed E-state index contributed by atoms with van der Waals surface area (Å²) in [6.45, 7) is 0.754. The Morgan fingerprint density at radius 2 is 2.29 bits per heavy atom. The first-order valence-corrected chi connectivity index (χ1v) is 6.32. The first-order valence-electron chi connectivity index (χ1n) is 5.94. The summed E-state index contributed by atoms with van der Waals surface area (Å²) in [5.41, 5.74) is 1.08. The molecule has 1 saturated carbocycles. The summed E-state index contributed by atoms with van der Waals surface area (Å²) in [6, 6.07) is 5.72. The van der Waals surface area contributed by atoms with Crippen LogP contribution >= 0.6 is 11.6 Å². The van der Waals surface area contributed by atoms with E-state index in [4.69, 9.17) is 16.3 Å². The Morgan fingerprint density at radius 3 is 3.00 bits per heavy atom. The Labute approximate surface area is 107 Å². The highest BCUT2D eigenvalue weighted by Gasteiger charge is 2.26. The summed E-state index contributed by atoms with van der Waals surface area (Å²) in [7, 11) is 1.77. The highest BCUT2D eigenvalue weighted by Crippen LogP contribution is 2.25. The summed E-state index contributed by atoms with van der Waals surface area (Å²) >= 11 is 5.86. The van der Waals surface area contributed by atoms with Crippen molar-refractivity contribution in [2.75, 3.05) is 7.11 Å². The maximum atomic E-state index is 9.33. The number of methoxy groups -OCH3 is 1. The van der Waals surface area contributed by atoms with Crippen molar-refractivity contribution < 1.29 is 9.84 Å². The van der Waals surface area contributed by atoms with Crippen molar-refractivity contribution in [3.05, 3.63) is 28.8 Å². The molecular formula is C13H18ClNO2. The fourth-order valence-corrected chi connectivity index (χ4v) is 2.55. The zero-order valence-corrected chi connectivity index (χ0v) is 10.7. The molecule has 0 amide bonds. The minimum absolute atomic E-state index is 0.131. The van der Waals surface area contributed by atoms with Gasteiger partial charge in [0.1, 0.15) is 5.75 Å². The molecule has 0 bridgehead atoms. The summed E-state index contributed by atoms with van der Waals surface area (Å²) in [5, 5.41) is 13.2. The van der Waals surface area contributed by atoms with Gasteiger partial charge in [0.25, 0.3) is 0 Å². The van der Waals surface area contributed by atoms with Gasteiger partial charge in [-0.25, -0.2) is 0 Å². The van der Waals surface area contributed by atoms with E-state index in [1.165, 1.54) is 6.42 Å². The Kier molecular flexibility index (Phi) is 4.26. The van der Waals surface area contributed by atoms with Gasteiger partial charge in [0.15, 0.2) is 0 Å². The maximum absolute atomic E-state index is 9.33. The first-order chi connectivity index (χ1) is 8.20. The minimum Gasteiger partial charge on any atom is -0.506 e. The molecule has 94 valence electrons. The second-order valence-corrected chi connectivity index (χ2v) is 4.89. The zero-order valence-electron chi connectivity index (χ0n) is 9.95. The van der Waals surface area contributed by atoms with Gasteiger partial charge in [-0.05, 0) is 37.0 Å². The van der Waals surface area contributed by atoms with Crippen LogP contribution < -0.4 is 5.32 Å². The third kappa shape index (κ3) is 3.12. The minimum atomic E-state index is 0.131. The monoisotopic (exact) mass is 255 g/mol. The number of phenolic OH excluding ortho intramolecular Hbond substituents is 1. The molecule has 3 nitrogen and oxygen atoms in total. The zero-order chi connectivity index (χ0) is 12.3. The van der Waals surface area contributed by atoms with Crippen LogP contribution in [0.25, 0.3) is 0 Å². The fourth-order valence-electron chi connectivity index (χ4n) is 2.35. The SMILES string of the molecule is COC1CCCC1NCc1ccc(O)c(Cl)c1. The Morgan fingerprint density at radius 1 is 1.47 bits per heavy atom. The van der Waals surface area contributed by atoms with Crippen LogP contribution in [0, 0.1) is 0 Å². The standard InChI is InChI=1S/C13H18ClNO2/c1-17-13-4-2-3-11(13)15-8-9-5-6-12(16)10(14)7-9/h5-7,11,13,15-16H,2-4,8H2,1H3. The van der Waals surface area contributed by atoms with E-state index in [0.29, 0.717) is 17.2 Å². The van der Waals surface area contributed by atoms with E-state index in [1.807, 2.05) is 6.07 Å². The molecule has 1 aromatic rings. The van der Waals surface area contributed by atoms with Crippen molar-refractivity contribution in [1.82, 2.24) is 5.32 Å². The second kappa shape index (κ2) is 5.71. The molecule has 4 heteroatoms. The smallest absolute Gasteiger partial charge is 0.134 e. The highest BCUT2D eigenvalue weighted by atomic mass is 35.5. The molecule has 2 rings (SSSR count). The molecule has 2 atom stereocenters. The predicted molar refractivity (Wildman–Crippen MR) is 68.4 cm³/mol. The number of phenols is 1. The van der Waals surface area contributed by atoms with Crippen molar-refractivity contribution in [3.8, 4) is 5.75 Å². The molecule has 0 spiro atoms. The number of hydrogen-bond acceptors (Lipinski definition) is 3. The van der Waals surface area contributed by atoms with Gasteiger partial charge in [0.2, 0.25) is 0 Å². The number of rotatable bonds is 4. The first kappa shape index (κ1) is 12.7. The van der Waals surface area contributed by atoms with Gasteiger partial charge in [-0.3, -0.25) is 0 Å². The Balaban J connectivity index is 1.91. The van der Waals surface area contributed by atoms with Crippen LogP contribution in [0.1, 0.15) is 24.8 Å². The molecule has 1 aliphatic carbocycles. The topological polar surface area (TPSA) is 41.5 Å².